The Morgan fingerprint density at radius 1 is 1.22 bits per heavy atom. The second-order valence-corrected chi connectivity index (χ2v) is 6.39. The fraction of sp³-hybridized carbons (Fsp3) is 0.250. The maximum absolute atomic E-state index is 11.9. The average Bonchev–Trinajstić information content (AvgIpc) is 3.13. The molecule has 140 valence electrons. The molecule has 1 atom stereocenters. The van der Waals surface area contributed by atoms with Crippen molar-refractivity contribution in [2.45, 2.75) is 12.0 Å². The third kappa shape index (κ3) is 3.54. The molecule has 0 bridgehead atoms. The zero-order valence-electron chi connectivity index (χ0n) is 15.4. The topological polar surface area (TPSA) is 93.5 Å². The van der Waals surface area contributed by atoms with Gasteiger partial charge in [0.05, 0.1) is 25.6 Å². The fourth-order valence-corrected chi connectivity index (χ4v) is 3.04. The van der Waals surface area contributed by atoms with Gasteiger partial charge in [-0.05, 0) is 34.5 Å². The van der Waals surface area contributed by atoms with Crippen LogP contribution in [0.5, 0.6) is 0 Å². The van der Waals surface area contributed by atoms with Crippen LogP contribution >= 0.6 is 0 Å². The Labute approximate surface area is 156 Å². The number of carbonyl (C=O) groups is 2. The number of methoxy groups -OCH3 is 1. The third-order valence-electron chi connectivity index (χ3n) is 4.56. The number of imidazole rings is 1. The molecule has 3 rings (SSSR count). The number of esters is 1. The van der Waals surface area contributed by atoms with Crippen LogP contribution in [0.3, 0.4) is 0 Å². The first kappa shape index (κ1) is 18.6. The zero-order valence-corrected chi connectivity index (χ0v) is 15.4. The highest BCUT2D eigenvalue weighted by atomic mass is 16.5. The molecule has 0 fully saturated rings. The van der Waals surface area contributed by atoms with Crippen molar-refractivity contribution >= 4 is 22.6 Å². The molecule has 0 radical (unpaired) electrons. The summed E-state index contributed by atoms with van der Waals surface area (Å²) in [6.07, 6.45) is 2.97. The molecule has 2 aromatic carbocycles. The van der Waals surface area contributed by atoms with Gasteiger partial charge in [-0.3, -0.25) is 9.59 Å². The van der Waals surface area contributed by atoms with Crippen LogP contribution < -0.4 is 5.32 Å². The molecule has 1 heterocycles. The molecule has 0 aliphatic rings. The SMILES string of the molecule is CNC(=O)c1ccc2cc([C@@](O)(CC(=O)OC)c3cn(C)cn3)ccc2c1. The zero-order chi connectivity index (χ0) is 19.6. The Hall–Kier alpha value is -3.19. The number of aromatic nitrogens is 2. The molecule has 1 amide bonds. The number of ether oxygens (including phenoxy) is 1. The van der Waals surface area contributed by atoms with Crippen LogP contribution in [0.2, 0.25) is 0 Å². The fourth-order valence-electron chi connectivity index (χ4n) is 3.04. The number of amides is 1. The monoisotopic (exact) mass is 367 g/mol. The van der Waals surface area contributed by atoms with E-state index >= 15 is 0 Å². The molecule has 27 heavy (non-hydrogen) atoms. The van der Waals surface area contributed by atoms with Gasteiger partial charge in [0.2, 0.25) is 0 Å². The molecule has 7 nitrogen and oxygen atoms in total. The quantitative estimate of drug-likeness (QED) is 0.670. The van der Waals surface area contributed by atoms with Crippen molar-refractivity contribution in [3.8, 4) is 0 Å². The lowest BCUT2D eigenvalue weighted by Crippen LogP contribution is -2.31. The number of aliphatic hydroxyl groups is 1. The molecule has 1 aromatic heterocycles. The second-order valence-electron chi connectivity index (χ2n) is 6.39. The number of rotatable bonds is 5. The lowest BCUT2D eigenvalue weighted by atomic mass is 9.86. The van der Waals surface area contributed by atoms with E-state index in [9.17, 15) is 14.7 Å². The van der Waals surface area contributed by atoms with Gasteiger partial charge in [0.1, 0.15) is 5.60 Å². The molecule has 0 spiro atoms. The Morgan fingerprint density at radius 3 is 2.56 bits per heavy atom. The standard InChI is InChI=1S/C20H21N3O4/c1-21-19(25)15-5-4-14-9-16(7-6-13(14)8-15)20(26,10-18(24)27-3)17-11-23(2)12-22-17/h4-9,11-12,26H,10H2,1-3H3,(H,21,25)/t20-/m0/s1. The Morgan fingerprint density at radius 2 is 1.93 bits per heavy atom. The predicted molar refractivity (Wildman–Crippen MR) is 100 cm³/mol. The summed E-state index contributed by atoms with van der Waals surface area (Å²) in [6.45, 7) is 0. The van der Waals surface area contributed by atoms with Gasteiger partial charge < -0.3 is 19.7 Å². The highest BCUT2D eigenvalue weighted by molar-refractivity contribution is 5.98. The molecule has 0 unspecified atom stereocenters. The molecule has 2 N–H and O–H groups in total. The largest absolute Gasteiger partial charge is 0.469 e. The van der Waals surface area contributed by atoms with E-state index in [-0.39, 0.29) is 12.3 Å². The number of benzene rings is 2. The Balaban J connectivity index is 2.10. The Bertz CT molecular complexity index is 1010. The summed E-state index contributed by atoms with van der Waals surface area (Å²) in [5.74, 6) is -0.713. The maximum Gasteiger partial charge on any atom is 0.309 e. The van der Waals surface area contributed by atoms with Crippen LogP contribution in [-0.4, -0.2) is 40.7 Å². The number of aryl methyl sites for hydroxylation is 1. The van der Waals surface area contributed by atoms with Crippen LogP contribution in [0.1, 0.15) is 28.0 Å². The number of hydrogen-bond donors (Lipinski definition) is 2. The molecule has 0 saturated heterocycles. The number of hydrogen-bond acceptors (Lipinski definition) is 5. The van der Waals surface area contributed by atoms with Gasteiger partial charge in [-0.2, -0.15) is 0 Å². The smallest absolute Gasteiger partial charge is 0.309 e. The summed E-state index contributed by atoms with van der Waals surface area (Å²) in [7, 11) is 4.65. The van der Waals surface area contributed by atoms with Crippen LogP contribution in [-0.2, 0) is 22.2 Å². The highest BCUT2D eigenvalue weighted by Gasteiger charge is 2.37. The van der Waals surface area contributed by atoms with Gasteiger partial charge >= 0.3 is 5.97 Å². The van der Waals surface area contributed by atoms with Crippen molar-refractivity contribution in [3.05, 3.63) is 65.7 Å². The molecular formula is C20H21N3O4. The van der Waals surface area contributed by atoms with Crippen LogP contribution in [0, 0.1) is 0 Å². The van der Waals surface area contributed by atoms with E-state index in [1.54, 1.807) is 61.5 Å². The predicted octanol–water partition coefficient (Wildman–Crippen LogP) is 1.73. The lowest BCUT2D eigenvalue weighted by Gasteiger charge is -2.26. The van der Waals surface area contributed by atoms with Gasteiger partial charge in [0.25, 0.3) is 5.91 Å². The van der Waals surface area contributed by atoms with Gasteiger partial charge in [0, 0.05) is 25.9 Å². The first-order valence-electron chi connectivity index (χ1n) is 8.41. The summed E-state index contributed by atoms with van der Waals surface area (Å²) in [6, 6.07) is 10.6. The van der Waals surface area contributed by atoms with Gasteiger partial charge in [0.15, 0.2) is 0 Å². The van der Waals surface area contributed by atoms with Crippen LogP contribution in [0.15, 0.2) is 48.9 Å². The molecule has 0 aliphatic heterocycles. The van der Waals surface area contributed by atoms with E-state index in [1.165, 1.54) is 7.11 Å². The minimum absolute atomic E-state index is 0.170. The van der Waals surface area contributed by atoms with E-state index in [0.29, 0.717) is 16.8 Å². The second kappa shape index (κ2) is 7.20. The number of nitrogens with one attached hydrogen (secondary N) is 1. The number of fused-ring (bicyclic) bond motifs is 1. The average molecular weight is 367 g/mol. The van der Waals surface area contributed by atoms with E-state index < -0.39 is 11.6 Å². The summed E-state index contributed by atoms with van der Waals surface area (Å²) >= 11 is 0. The summed E-state index contributed by atoms with van der Waals surface area (Å²) in [5, 5.41) is 15.6. The molecule has 0 saturated carbocycles. The van der Waals surface area contributed by atoms with Crippen molar-refractivity contribution in [1.29, 1.82) is 0 Å². The normalized spacial score (nSPS) is 13.2. The molecule has 3 aromatic rings. The first-order chi connectivity index (χ1) is 12.9. The van der Waals surface area contributed by atoms with E-state index in [2.05, 4.69) is 10.3 Å². The lowest BCUT2D eigenvalue weighted by molar-refractivity contribution is -0.145. The van der Waals surface area contributed by atoms with E-state index in [1.807, 2.05) is 6.07 Å². The van der Waals surface area contributed by atoms with Crippen molar-refractivity contribution in [2.75, 3.05) is 14.2 Å². The number of carbonyl (C=O) groups excluding carboxylic acids is 2. The van der Waals surface area contributed by atoms with Gasteiger partial charge in [-0.25, -0.2) is 4.98 Å². The molecule has 0 aliphatic carbocycles. The summed E-state index contributed by atoms with van der Waals surface area (Å²) in [5.41, 5.74) is -0.196. The van der Waals surface area contributed by atoms with Crippen molar-refractivity contribution in [3.63, 3.8) is 0 Å². The van der Waals surface area contributed by atoms with Crippen LogP contribution in [0.25, 0.3) is 10.8 Å². The summed E-state index contributed by atoms with van der Waals surface area (Å²) < 4.78 is 6.46. The van der Waals surface area contributed by atoms with Crippen molar-refractivity contribution in [1.82, 2.24) is 14.9 Å². The molecular weight excluding hydrogens is 346 g/mol. The summed E-state index contributed by atoms with van der Waals surface area (Å²) in [4.78, 5) is 28.0. The minimum atomic E-state index is -1.62. The van der Waals surface area contributed by atoms with E-state index in [4.69, 9.17) is 4.74 Å². The third-order valence-corrected chi connectivity index (χ3v) is 4.56. The number of nitrogens with zero attached hydrogens (tertiary/aromatic N) is 2. The first-order valence-corrected chi connectivity index (χ1v) is 8.41. The molecule has 7 heteroatoms. The van der Waals surface area contributed by atoms with Gasteiger partial charge in [-0.15, -0.1) is 0 Å². The Kier molecular flexibility index (Phi) is 4.96. The van der Waals surface area contributed by atoms with Crippen molar-refractivity contribution < 1.29 is 19.4 Å². The van der Waals surface area contributed by atoms with Crippen LogP contribution in [0.4, 0.5) is 0 Å². The van der Waals surface area contributed by atoms with Gasteiger partial charge in [-0.1, -0.05) is 18.2 Å². The minimum Gasteiger partial charge on any atom is -0.469 e. The van der Waals surface area contributed by atoms with E-state index in [0.717, 1.165) is 10.8 Å². The maximum atomic E-state index is 11.9. The van der Waals surface area contributed by atoms with Crippen molar-refractivity contribution in [2.24, 2.45) is 7.05 Å². The highest BCUT2D eigenvalue weighted by Crippen LogP contribution is 2.34.